The SMILES string of the molecule is NNC(O)c1ccc2c(cnn2-c2ccc(F)cc2)c1. The van der Waals surface area contributed by atoms with Crippen molar-refractivity contribution in [3.63, 3.8) is 0 Å². The van der Waals surface area contributed by atoms with Crippen LogP contribution in [-0.2, 0) is 0 Å². The van der Waals surface area contributed by atoms with Crippen molar-refractivity contribution >= 4 is 10.9 Å². The molecule has 1 heterocycles. The number of hydrogen-bond acceptors (Lipinski definition) is 4. The van der Waals surface area contributed by atoms with Crippen molar-refractivity contribution in [3.8, 4) is 5.69 Å². The highest BCUT2D eigenvalue weighted by Crippen LogP contribution is 2.21. The summed E-state index contributed by atoms with van der Waals surface area (Å²) < 4.78 is 14.7. The van der Waals surface area contributed by atoms with Crippen LogP contribution in [0.3, 0.4) is 0 Å². The van der Waals surface area contributed by atoms with Crippen molar-refractivity contribution in [1.29, 1.82) is 0 Å². The molecule has 1 aromatic heterocycles. The topological polar surface area (TPSA) is 76.1 Å². The third kappa shape index (κ3) is 2.16. The first kappa shape index (κ1) is 12.7. The van der Waals surface area contributed by atoms with Crippen molar-refractivity contribution < 1.29 is 9.50 Å². The van der Waals surface area contributed by atoms with Crippen LogP contribution in [0, 0.1) is 5.82 Å². The summed E-state index contributed by atoms with van der Waals surface area (Å²) in [5.41, 5.74) is 4.56. The predicted octanol–water partition coefficient (Wildman–Crippen LogP) is 1.62. The maximum absolute atomic E-state index is 12.9. The molecule has 0 radical (unpaired) electrons. The Bertz CT molecular complexity index is 739. The lowest BCUT2D eigenvalue weighted by atomic mass is 10.1. The fraction of sp³-hybridized carbons (Fsp3) is 0.0714. The molecule has 0 spiro atoms. The van der Waals surface area contributed by atoms with Gasteiger partial charge in [-0.15, -0.1) is 0 Å². The zero-order chi connectivity index (χ0) is 14.1. The molecule has 5 nitrogen and oxygen atoms in total. The lowest BCUT2D eigenvalue weighted by molar-refractivity contribution is 0.140. The van der Waals surface area contributed by atoms with Crippen LogP contribution in [0.4, 0.5) is 4.39 Å². The van der Waals surface area contributed by atoms with Gasteiger partial charge in [0.1, 0.15) is 12.0 Å². The molecule has 0 bridgehead atoms. The Morgan fingerprint density at radius 1 is 1.20 bits per heavy atom. The molecule has 0 amide bonds. The third-order valence-electron chi connectivity index (χ3n) is 3.14. The van der Waals surface area contributed by atoms with Gasteiger partial charge in [-0.1, -0.05) is 6.07 Å². The van der Waals surface area contributed by atoms with Crippen LogP contribution in [0.2, 0.25) is 0 Å². The van der Waals surface area contributed by atoms with Gasteiger partial charge in [0, 0.05) is 5.39 Å². The number of rotatable bonds is 3. The van der Waals surface area contributed by atoms with E-state index >= 15 is 0 Å². The lowest BCUT2D eigenvalue weighted by Crippen LogP contribution is -2.27. The van der Waals surface area contributed by atoms with Gasteiger partial charge in [-0.2, -0.15) is 5.10 Å². The van der Waals surface area contributed by atoms with Gasteiger partial charge in [0.15, 0.2) is 0 Å². The van der Waals surface area contributed by atoms with Gasteiger partial charge >= 0.3 is 0 Å². The van der Waals surface area contributed by atoms with E-state index in [2.05, 4.69) is 10.5 Å². The number of nitrogens with one attached hydrogen (secondary N) is 1. The molecule has 0 fully saturated rings. The number of aromatic nitrogens is 2. The molecule has 3 rings (SSSR count). The number of hydrazine groups is 1. The highest BCUT2D eigenvalue weighted by Gasteiger charge is 2.09. The number of benzene rings is 2. The van der Waals surface area contributed by atoms with Crippen LogP contribution < -0.4 is 11.3 Å². The molecular formula is C14H13FN4O. The monoisotopic (exact) mass is 272 g/mol. The number of halogens is 1. The number of fused-ring (bicyclic) bond motifs is 1. The predicted molar refractivity (Wildman–Crippen MR) is 73.3 cm³/mol. The second-order valence-electron chi connectivity index (χ2n) is 4.42. The van der Waals surface area contributed by atoms with Gasteiger partial charge in [0.25, 0.3) is 0 Å². The molecule has 0 aliphatic rings. The van der Waals surface area contributed by atoms with Gasteiger partial charge in [-0.3, -0.25) is 5.84 Å². The minimum Gasteiger partial charge on any atom is -0.373 e. The standard InChI is InChI=1S/C14H13FN4O/c15-11-2-4-12(5-3-11)19-13-6-1-9(14(20)18-16)7-10(13)8-17-19/h1-8,14,18,20H,16H2. The summed E-state index contributed by atoms with van der Waals surface area (Å²) in [4.78, 5) is 0. The Morgan fingerprint density at radius 3 is 2.65 bits per heavy atom. The molecule has 4 N–H and O–H groups in total. The molecule has 1 unspecified atom stereocenters. The van der Waals surface area contributed by atoms with Crippen LogP contribution in [0.1, 0.15) is 11.8 Å². The number of hydrogen-bond donors (Lipinski definition) is 3. The third-order valence-corrected chi connectivity index (χ3v) is 3.14. The van der Waals surface area contributed by atoms with E-state index in [0.717, 1.165) is 16.6 Å². The molecule has 6 heteroatoms. The van der Waals surface area contributed by atoms with Crippen molar-refractivity contribution in [1.82, 2.24) is 15.2 Å². The summed E-state index contributed by atoms with van der Waals surface area (Å²) in [6.07, 6.45) is 0.763. The highest BCUT2D eigenvalue weighted by molar-refractivity contribution is 5.81. The van der Waals surface area contributed by atoms with E-state index in [1.165, 1.54) is 12.1 Å². The molecule has 2 aromatic carbocycles. The number of aliphatic hydroxyl groups is 1. The van der Waals surface area contributed by atoms with Gasteiger partial charge < -0.3 is 5.11 Å². The number of aliphatic hydroxyl groups excluding tert-OH is 1. The highest BCUT2D eigenvalue weighted by atomic mass is 19.1. The molecular weight excluding hydrogens is 259 g/mol. The Hall–Kier alpha value is -2.28. The quantitative estimate of drug-likeness (QED) is 0.385. The van der Waals surface area contributed by atoms with Crippen LogP contribution >= 0.6 is 0 Å². The maximum atomic E-state index is 12.9. The molecule has 0 aliphatic carbocycles. The number of nitrogens with two attached hydrogens (primary N) is 1. The van der Waals surface area contributed by atoms with Crippen LogP contribution in [0.25, 0.3) is 16.6 Å². The first-order valence-electron chi connectivity index (χ1n) is 6.07. The summed E-state index contributed by atoms with van der Waals surface area (Å²) in [5, 5.41) is 14.8. The number of nitrogens with zero attached hydrogens (tertiary/aromatic N) is 2. The molecule has 1 atom stereocenters. The summed E-state index contributed by atoms with van der Waals surface area (Å²) in [5.74, 6) is 4.91. The van der Waals surface area contributed by atoms with E-state index < -0.39 is 6.23 Å². The average Bonchev–Trinajstić information content (AvgIpc) is 2.90. The lowest BCUT2D eigenvalue weighted by Gasteiger charge is -2.09. The van der Waals surface area contributed by atoms with E-state index in [4.69, 9.17) is 5.84 Å². The summed E-state index contributed by atoms with van der Waals surface area (Å²) in [7, 11) is 0. The Kier molecular flexibility index (Phi) is 3.19. The normalized spacial score (nSPS) is 12.8. The van der Waals surface area contributed by atoms with E-state index in [9.17, 15) is 9.50 Å². The average molecular weight is 272 g/mol. The smallest absolute Gasteiger partial charge is 0.143 e. The van der Waals surface area contributed by atoms with Crippen molar-refractivity contribution in [3.05, 3.63) is 60.0 Å². The zero-order valence-electron chi connectivity index (χ0n) is 10.5. The van der Waals surface area contributed by atoms with Crippen molar-refractivity contribution in [2.45, 2.75) is 6.23 Å². The first-order valence-corrected chi connectivity index (χ1v) is 6.07. The van der Waals surface area contributed by atoms with E-state index in [0.29, 0.717) is 5.56 Å². The minimum atomic E-state index is -0.923. The van der Waals surface area contributed by atoms with Gasteiger partial charge in [-0.25, -0.2) is 14.5 Å². The van der Waals surface area contributed by atoms with Crippen molar-refractivity contribution in [2.24, 2.45) is 5.84 Å². The van der Waals surface area contributed by atoms with Crippen LogP contribution in [0.5, 0.6) is 0 Å². The van der Waals surface area contributed by atoms with E-state index in [1.807, 2.05) is 6.07 Å². The van der Waals surface area contributed by atoms with Crippen LogP contribution in [0.15, 0.2) is 48.7 Å². The van der Waals surface area contributed by atoms with Gasteiger partial charge in [0.05, 0.1) is 17.4 Å². The maximum Gasteiger partial charge on any atom is 0.143 e. The summed E-state index contributed by atoms with van der Waals surface area (Å²) in [6, 6.07) is 11.5. The Morgan fingerprint density at radius 2 is 1.95 bits per heavy atom. The molecule has 0 saturated carbocycles. The Balaban J connectivity index is 2.08. The van der Waals surface area contributed by atoms with E-state index in [1.54, 1.807) is 35.1 Å². The minimum absolute atomic E-state index is 0.287. The molecule has 3 aromatic rings. The molecule has 102 valence electrons. The molecule has 0 saturated heterocycles. The van der Waals surface area contributed by atoms with Crippen LogP contribution in [-0.4, -0.2) is 14.9 Å². The first-order chi connectivity index (χ1) is 9.69. The second-order valence-corrected chi connectivity index (χ2v) is 4.42. The molecule has 0 aliphatic heterocycles. The Labute approximate surface area is 114 Å². The van der Waals surface area contributed by atoms with Crippen molar-refractivity contribution in [2.75, 3.05) is 0 Å². The zero-order valence-corrected chi connectivity index (χ0v) is 10.5. The second kappa shape index (κ2) is 5.01. The fourth-order valence-electron chi connectivity index (χ4n) is 2.11. The van der Waals surface area contributed by atoms with Gasteiger partial charge in [-0.05, 0) is 42.0 Å². The largest absolute Gasteiger partial charge is 0.373 e. The fourth-order valence-corrected chi connectivity index (χ4v) is 2.11. The summed E-state index contributed by atoms with van der Waals surface area (Å²) in [6.45, 7) is 0. The summed E-state index contributed by atoms with van der Waals surface area (Å²) >= 11 is 0. The van der Waals surface area contributed by atoms with E-state index in [-0.39, 0.29) is 5.82 Å². The molecule has 20 heavy (non-hydrogen) atoms. The van der Waals surface area contributed by atoms with Gasteiger partial charge in [0.2, 0.25) is 0 Å².